The summed E-state index contributed by atoms with van der Waals surface area (Å²) >= 11 is 5.94. The van der Waals surface area contributed by atoms with Crippen LogP contribution in [0.25, 0.3) is 11.0 Å². The fourth-order valence-electron chi connectivity index (χ4n) is 3.08. The van der Waals surface area contributed by atoms with Gasteiger partial charge in [0.2, 0.25) is 0 Å². The van der Waals surface area contributed by atoms with Gasteiger partial charge in [-0.2, -0.15) is 0 Å². The number of rotatable bonds is 10. The molecule has 3 aromatic rings. The highest BCUT2D eigenvalue weighted by atomic mass is 35.5. The van der Waals surface area contributed by atoms with Crippen molar-refractivity contribution in [2.75, 3.05) is 6.61 Å². The standard InChI is InChI=1S/C22H27ClN2O2/c1-3-5-6-15-26-20-9-7-8-19-22(20)24-21(25(19)14-4-2)16-27-18-12-10-17(23)11-13-18/h7-13H,3-6,14-16H2,1-2H3. The van der Waals surface area contributed by atoms with Gasteiger partial charge in [0.05, 0.1) is 12.1 Å². The van der Waals surface area contributed by atoms with Gasteiger partial charge in [0.1, 0.15) is 29.4 Å². The van der Waals surface area contributed by atoms with Crippen molar-refractivity contribution < 1.29 is 9.47 Å². The van der Waals surface area contributed by atoms with Crippen molar-refractivity contribution >= 4 is 22.6 Å². The number of halogens is 1. The number of benzene rings is 2. The van der Waals surface area contributed by atoms with Gasteiger partial charge < -0.3 is 14.0 Å². The fourth-order valence-corrected chi connectivity index (χ4v) is 3.21. The molecule has 0 saturated carbocycles. The summed E-state index contributed by atoms with van der Waals surface area (Å²) in [6.07, 6.45) is 4.46. The quantitative estimate of drug-likeness (QED) is 0.386. The second-order valence-electron chi connectivity index (χ2n) is 6.60. The Kier molecular flexibility index (Phi) is 6.99. The van der Waals surface area contributed by atoms with Crippen LogP contribution in [0.2, 0.25) is 5.02 Å². The number of nitrogens with zero attached hydrogens (tertiary/aromatic N) is 2. The molecule has 1 aromatic heterocycles. The van der Waals surface area contributed by atoms with Crippen LogP contribution in [-0.4, -0.2) is 16.2 Å². The van der Waals surface area contributed by atoms with E-state index in [1.54, 1.807) is 0 Å². The molecule has 0 aliphatic carbocycles. The first-order valence-electron chi connectivity index (χ1n) is 9.72. The Morgan fingerprint density at radius 3 is 2.52 bits per heavy atom. The Bertz CT molecular complexity index is 859. The van der Waals surface area contributed by atoms with Gasteiger partial charge in [-0.15, -0.1) is 0 Å². The normalized spacial score (nSPS) is 11.1. The number of ether oxygens (including phenoxy) is 2. The minimum Gasteiger partial charge on any atom is -0.491 e. The lowest BCUT2D eigenvalue weighted by molar-refractivity contribution is 0.289. The highest BCUT2D eigenvalue weighted by Crippen LogP contribution is 2.27. The molecule has 2 aromatic carbocycles. The summed E-state index contributed by atoms with van der Waals surface area (Å²) in [6.45, 7) is 6.39. The molecule has 3 rings (SSSR count). The van der Waals surface area contributed by atoms with Crippen molar-refractivity contribution in [1.82, 2.24) is 9.55 Å². The number of hydrogen-bond donors (Lipinski definition) is 0. The third-order valence-electron chi connectivity index (χ3n) is 4.46. The van der Waals surface area contributed by atoms with E-state index >= 15 is 0 Å². The second-order valence-corrected chi connectivity index (χ2v) is 7.04. The van der Waals surface area contributed by atoms with Crippen molar-refractivity contribution in [2.45, 2.75) is 52.7 Å². The summed E-state index contributed by atoms with van der Waals surface area (Å²) in [6, 6.07) is 13.5. The maximum absolute atomic E-state index is 6.01. The second kappa shape index (κ2) is 9.65. The Hall–Kier alpha value is -2.20. The van der Waals surface area contributed by atoms with Crippen molar-refractivity contribution in [3.63, 3.8) is 0 Å². The first-order valence-corrected chi connectivity index (χ1v) is 10.1. The molecular weight excluding hydrogens is 360 g/mol. The molecule has 0 unspecified atom stereocenters. The Morgan fingerprint density at radius 2 is 1.78 bits per heavy atom. The number of hydrogen-bond acceptors (Lipinski definition) is 3. The van der Waals surface area contributed by atoms with Crippen LogP contribution < -0.4 is 9.47 Å². The molecule has 4 nitrogen and oxygen atoms in total. The molecule has 0 amide bonds. The molecule has 0 aliphatic heterocycles. The fraction of sp³-hybridized carbons (Fsp3) is 0.409. The highest BCUT2D eigenvalue weighted by Gasteiger charge is 2.14. The lowest BCUT2D eigenvalue weighted by atomic mass is 10.2. The molecule has 144 valence electrons. The minimum absolute atomic E-state index is 0.408. The lowest BCUT2D eigenvalue weighted by Crippen LogP contribution is -2.07. The van der Waals surface area contributed by atoms with Crippen molar-refractivity contribution in [1.29, 1.82) is 0 Å². The predicted octanol–water partition coefficient (Wildman–Crippen LogP) is 6.25. The lowest BCUT2D eigenvalue weighted by Gasteiger charge is -2.10. The molecule has 0 atom stereocenters. The molecule has 5 heteroatoms. The Balaban J connectivity index is 1.82. The molecule has 0 bridgehead atoms. The predicted molar refractivity (Wildman–Crippen MR) is 111 cm³/mol. The zero-order valence-electron chi connectivity index (χ0n) is 16.1. The summed E-state index contributed by atoms with van der Waals surface area (Å²) in [7, 11) is 0. The van der Waals surface area contributed by atoms with Gasteiger partial charge in [-0.1, -0.05) is 44.4 Å². The Labute approximate surface area is 166 Å². The van der Waals surface area contributed by atoms with E-state index in [0.29, 0.717) is 11.6 Å². The van der Waals surface area contributed by atoms with Crippen LogP contribution in [0, 0.1) is 0 Å². The average molecular weight is 387 g/mol. The third-order valence-corrected chi connectivity index (χ3v) is 4.71. The SMILES string of the molecule is CCCCCOc1cccc2c1nc(COc1ccc(Cl)cc1)n2CCC. The number of aromatic nitrogens is 2. The maximum atomic E-state index is 6.01. The summed E-state index contributed by atoms with van der Waals surface area (Å²) < 4.78 is 14.2. The molecule has 1 heterocycles. The minimum atomic E-state index is 0.408. The largest absolute Gasteiger partial charge is 0.491 e. The average Bonchev–Trinajstić information content (AvgIpc) is 3.04. The van der Waals surface area contributed by atoms with Gasteiger partial charge >= 0.3 is 0 Å². The van der Waals surface area contributed by atoms with Gasteiger partial charge in [-0.3, -0.25) is 0 Å². The monoisotopic (exact) mass is 386 g/mol. The van der Waals surface area contributed by atoms with Crippen molar-refractivity contribution in [3.8, 4) is 11.5 Å². The Morgan fingerprint density at radius 1 is 0.963 bits per heavy atom. The van der Waals surface area contributed by atoms with Gasteiger partial charge in [0.25, 0.3) is 0 Å². The van der Waals surface area contributed by atoms with Crippen molar-refractivity contribution in [2.24, 2.45) is 0 Å². The number of unbranched alkanes of at least 4 members (excludes halogenated alkanes) is 2. The first kappa shape index (κ1) is 19.6. The van der Waals surface area contributed by atoms with Gasteiger partial charge in [0.15, 0.2) is 0 Å². The summed E-state index contributed by atoms with van der Waals surface area (Å²) in [5, 5.41) is 0.699. The van der Waals surface area contributed by atoms with E-state index in [0.717, 1.165) is 54.4 Å². The van der Waals surface area contributed by atoms with E-state index in [2.05, 4.69) is 24.5 Å². The molecule has 0 saturated heterocycles. The van der Waals surface area contributed by atoms with Gasteiger partial charge in [-0.25, -0.2) is 4.98 Å². The molecule has 0 radical (unpaired) electrons. The topological polar surface area (TPSA) is 36.3 Å². The van der Waals surface area contributed by atoms with Gasteiger partial charge in [0, 0.05) is 11.6 Å². The summed E-state index contributed by atoms with van der Waals surface area (Å²) in [5.74, 6) is 2.54. The van der Waals surface area contributed by atoms with E-state index in [1.807, 2.05) is 36.4 Å². The molecule has 0 spiro atoms. The van der Waals surface area contributed by atoms with Crippen LogP contribution in [0.3, 0.4) is 0 Å². The summed E-state index contributed by atoms with van der Waals surface area (Å²) in [4.78, 5) is 4.85. The van der Waals surface area contributed by atoms with Crippen molar-refractivity contribution in [3.05, 3.63) is 53.3 Å². The number of aryl methyl sites for hydroxylation is 1. The third kappa shape index (κ3) is 4.95. The van der Waals surface area contributed by atoms with Crippen LogP contribution in [0.15, 0.2) is 42.5 Å². The molecule has 0 fully saturated rings. The zero-order valence-corrected chi connectivity index (χ0v) is 16.8. The molecular formula is C22H27ClN2O2. The number of para-hydroxylation sites is 1. The molecule has 0 N–H and O–H groups in total. The molecule has 0 aliphatic rings. The van der Waals surface area contributed by atoms with E-state index < -0.39 is 0 Å². The number of imidazole rings is 1. The smallest absolute Gasteiger partial charge is 0.148 e. The van der Waals surface area contributed by atoms with E-state index in [-0.39, 0.29) is 0 Å². The van der Waals surface area contributed by atoms with Crippen LogP contribution >= 0.6 is 11.6 Å². The van der Waals surface area contributed by atoms with E-state index in [4.69, 9.17) is 26.1 Å². The number of fused-ring (bicyclic) bond motifs is 1. The highest BCUT2D eigenvalue weighted by molar-refractivity contribution is 6.30. The van der Waals surface area contributed by atoms with E-state index in [1.165, 1.54) is 12.8 Å². The van der Waals surface area contributed by atoms with Crippen LogP contribution in [-0.2, 0) is 13.2 Å². The zero-order chi connectivity index (χ0) is 19.1. The van der Waals surface area contributed by atoms with Crippen LogP contribution in [0.4, 0.5) is 0 Å². The summed E-state index contributed by atoms with van der Waals surface area (Å²) in [5.41, 5.74) is 2.01. The van der Waals surface area contributed by atoms with Crippen LogP contribution in [0.1, 0.15) is 45.4 Å². The van der Waals surface area contributed by atoms with E-state index in [9.17, 15) is 0 Å². The first-order chi connectivity index (χ1) is 13.2. The van der Waals surface area contributed by atoms with Crippen LogP contribution in [0.5, 0.6) is 11.5 Å². The maximum Gasteiger partial charge on any atom is 0.148 e. The molecule has 27 heavy (non-hydrogen) atoms. The van der Waals surface area contributed by atoms with Gasteiger partial charge in [-0.05, 0) is 49.2 Å².